The molecule has 0 aromatic heterocycles. The van der Waals surface area contributed by atoms with Crippen molar-refractivity contribution in [2.24, 2.45) is 0 Å². The molecule has 0 unspecified atom stereocenters. The molecule has 1 radical (unpaired) electrons. The molecule has 0 atom stereocenters. The minimum atomic E-state index is 0. The van der Waals surface area contributed by atoms with Gasteiger partial charge >= 0.3 is 63.0 Å². The van der Waals surface area contributed by atoms with Gasteiger partial charge in [0.1, 0.15) is 0 Å². The molecule has 0 nitrogen and oxygen atoms in total. The topological polar surface area (TPSA) is 0 Å². The molecule has 4 heavy (non-hydrogen) atoms. The van der Waals surface area contributed by atoms with Crippen molar-refractivity contribution >= 4 is 23.1 Å². The van der Waals surface area contributed by atoms with E-state index in [0.717, 1.165) is 0 Å². The van der Waals surface area contributed by atoms with Crippen molar-refractivity contribution in [3.8, 4) is 0 Å². The molecular weight excluding hydrogens is 220 g/mol. The summed E-state index contributed by atoms with van der Waals surface area (Å²) >= 11 is 0. The normalized spacial score (nSPS) is 0. The van der Waals surface area contributed by atoms with Crippen LogP contribution in [0.5, 0.6) is 0 Å². The number of halogens is 2. The molecule has 0 saturated heterocycles. The fourth-order valence-corrected chi connectivity index (χ4v) is 0. The first-order chi connectivity index (χ1) is 0. The monoisotopic (exact) mass is 220 g/mol. The van der Waals surface area contributed by atoms with E-state index in [1.807, 2.05) is 0 Å². The van der Waals surface area contributed by atoms with E-state index in [4.69, 9.17) is 0 Å². The summed E-state index contributed by atoms with van der Waals surface area (Å²) in [6, 6.07) is 0. The van der Waals surface area contributed by atoms with Crippen molar-refractivity contribution in [1.82, 2.24) is 0 Å². The van der Waals surface area contributed by atoms with Gasteiger partial charge in [0.2, 0.25) is 0 Å². The van der Waals surface area contributed by atoms with E-state index in [9.17, 15) is 0 Å². The first-order valence-corrected chi connectivity index (χ1v) is 0. The van der Waals surface area contributed by atoms with Gasteiger partial charge in [-0.2, -0.15) is 0 Å². The van der Waals surface area contributed by atoms with E-state index in [2.05, 4.69) is 0 Å². The van der Waals surface area contributed by atoms with Crippen LogP contribution in [-0.4, -0.2) is 23.1 Å². The molecule has 4 heteroatoms. The number of hydrogen-bond acceptors (Lipinski definition) is 0. The summed E-state index contributed by atoms with van der Waals surface area (Å²) < 4.78 is 0. The maximum absolute atomic E-state index is 0. The van der Waals surface area contributed by atoms with E-state index in [0.29, 0.717) is 0 Å². The molecule has 0 rings (SSSR count). The van der Waals surface area contributed by atoms with Crippen LogP contribution in [-0.2, 0) is 0 Å². The standard InChI is InChI=1S/2FH.Gd.Mg/h2*1H;;/q;;+3;+2/p-2. The van der Waals surface area contributed by atoms with Crippen LogP contribution in [0.15, 0.2) is 0 Å². The maximum atomic E-state index is 0. The third-order valence-electron chi connectivity index (χ3n) is 0. The summed E-state index contributed by atoms with van der Waals surface area (Å²) in [4.78, 5) is 0. The Bertz CT molecular complexity index is 6.00. The Labute approximate surface area is 71.3 Å². The second kappa shape index (κ2) is 20.3. The van der Waals surface area contributed by atoms with Crippen molar-refractivity contribution in [3.63, 3.8) is 0 Å². The largest absolute Gasteiger partial charge is 3.00 e. The average molecular weight is 220 g/mol. The first-order valence-electron chi connectivity index (χ1n) is 0. The van der Waals surface area contributed by atoms with Crippen molar-refractivity contribution in [2.45, 2.75) is 0 Å². The van der Waals surface area contributed by atoms with Gasteiger partial charge in [0.05, 0.1) is 0 Å². The molecule has 0 aliphatic heterocycles. The Balaban J connectivity index is 0. The van der Waals surface area contributed by atoms with Crippen LogP contribution in [0, 0.1) is 39.9 Å². The predicted molar refractivity (Wildman–Crippen MR) is 5.75 cm³/mol. The Kier molecular flexibility index (Phi) is 195. The summed E-state index contributed by atoms with van der Waals surface area (Å²) in [5.74, 6) is 0. The smallest absolute Gasteiger partial charge is 1.00 e. The Morgan fingerprint density at radius 3 is 0.750 bits per heavy atom. The van der Waals surface area contributed by atoms with Gasteiger partial charge < -0.3 is 9.41 Å². The summed E-state index contributed by atoms with van der Waals surface area (Å²) in [6.07, 6.45) is 0. The molecule has 0 N–H and O–H groups in total. The number of hydrogen-bond donors (Lipinski definition) is 0. The summed E-state index contributed by atoms with van der Waals surface area (Å²) in [5, 5.41) is 0. The van der Waals surface area contributed by atoms with Gasteiger partial charge in [-0.15, -0.1) is 0 Å². The minimum Gasteiger partial charge on any atom is -1.00 e. The van der Waals surface area contributed by atoms with Gasteiger partial charge in [-0.1, -0.05) is 0 Å². The third-order valence-corrected chi connectivity index (χ3v) is 0. The summed E-state index contributed by atoms with van der Waals surface area (Å²) in [7, 11) is 0. The fraction of sp³-hybridized carbons (Fsp3) is 0. The molecule has 0 saturated carbocycles. The fourth-order valence-electron chi connectivity index (χ4n) is 0. The molecule has 0 aliphatic rings. The van der Waals surface area contributed by atoms with Gasteiger partial charge in [-0.3, -0.25) is 0 Å². The van der Waals surface area contributed by atoms with Gasteiger partial charge in [0.25, 0.3) is 0 Å². The second-order valence-electron chi connectivity index (χ2n) is 0. The van der Waals surface area contributed by atoms with Crippen LogP contribution in [0.25, 0.3) is 0 Å². The Morgan fingerprint density at radius 2 is 0.750 bits per heavy atom. The molecule has 0 aromatic carbocycles. The van der Waals surface area contributed by atoms with Crippen LogP contribution in [0.2, 0.25) is 0 Å². The summed E-state index contributed by atoms with van der Waals surface area (Å²) in [5.41, 5.74) is 0. The molecule has 0 spiro atoms. The molecule has 0 aromatic rings. The van der Waals surface area contributed by atoms with Crippen molar-refractivity contribution in [2.75, 3.05) is 0 Å². The molecule has 0 heterocycles. The van der Waals surface area contributed by atoms with E-state index < -0.39 is 0 Å². The van der Waals surface area contributed by atoms with Crippen LogP contribution in [0.1, 0.15) is 0 Å². The van der Waals surface area contributed by atoms with Gasteiger partial charge in [-0.05, 0) is 0 Å². The predicted octanol–water partition coefficient (Wildman–Crippen LogP) is -6.37. The number of rotatable bonds is 0. The van der Waals surface area contributed by atoms with Crippen molar-refractivity contribution in [1.29, 1.82) is 0 Å². The van der Waals surface area contributed by atoms with E-state index >= 15 is 0 Å². The van der Waals surface area contributed by atoms with E-state index in [1.165, 1.54) is 0 Å². The Hall–Kier alpha value is 1.95. The van der Waals surface area contributed by atoms with Crippen LogP contribution in [0.4, 0.5) is 0 Å². The quantitative estimate of drug-likeness (QED) is 0.356. The van der Waals surface area contributed by atoms with Crippen molar-refractivity contribution < 1.29 is 49.3 Å². The van der Waals surface area contributed by atoms with Crippen LogP contribution >= 0.6 is 0 Å². The zero-order chi connectivity index (χ0) is 0. The first kappa shape index (κ1) is 38.3. The minimum absolute atomic E-state index is 0. The van der Waals surface area contributed by atoms with Gasteiger partial charge in [-0.25, -0.2) is 0 Å². The zero-order valence-electron chi connectivity index (χ0n) is 1.82. The van der Waals surface area contributed by atoms with E-state index in [-0.39, 0.29) is 72.4 Å². The molecule has 21 valence electrons. The van der Waals surface area contributed by atoms with Crippen LogP contribution < -0.4 is 9.41 Å². The van der Waals surface area contributed by atoms with Gasteiger partial charge in [0, 0.05) is 0 Å². The van der Waals surface area contributed by atoms with Gasteiger partial charge in [0.15, 0.2) is 0 Å². The molecule has 0 fully saturated rings. The third kappa shape index (κ3) is 9.04. The Morgan fingerprint density at radius 1 is 0.750 bits per heavy atom. The average Bonchev–Trinajstić information content (AvgIpc) is 0. The summed E-state index contributed by atoms with van der Waals surface area (Å²) in [6.45, 7) is 0. The van der Waals surface area contributed by atoms with E-state index in [1.54, 1.807) is 0 Å². The molecular formula is F2GdMg+3. The molecule has 0 aliphatic carbocycles. The molecule has 0 amide bonds. The van der Waals surface area contributed by atoms with Crippen LogP contribution in [0.3, 0.4) is 0 Å². The SMILES string of the molecule is [F-].[F-].[Gd+3].[Mg+2]. The maximum Gasteiger partial charge on any atom is 3.00 e. The zero-order valence-corrected chi connectivity index (χ0v) is 5.50. The second-order valence-corrected chi connectivity index (χ2v) is 0. The molecule has 0 bridgehead atoms. The van der Waals surface area contributed by atoms with Crippen molar-refractivity contribution in [3.05, 3.63) is 0 Å².